The molecule has 1 saturated heterocycles. The van der Waals surface area contributed by atoms with Gasteiger partial charge in [-0.2, -0.15) is 0 Å². The molecule has 0 radical (unpaired) electrons. The number of hydrogen-bond acceptors (Lipinski definition) is 4. The van der Waals surface area contributed by atoms with E-state index in [1.54, 1.807) is 0 Å². The first-order chi connectivity index (χ1) is 16.7. The summed E-state index contributed by atoms with van der Waals surface area (Å²) in [5, 5.41) is 8.28. The average Bonchev–Trinajstić information content (AvgIpc) is 3.54. The van der Waals surface area contributed by atoms with Crippen molar-refractivity contribution in [3.8, 4) is 0 Å². The molecule has 2 heterocycles. The van der Waals surface area contributed by atoms with Crippen molar-refractivity contribution in [3.05, 3.63) is 35.5 Å². The first-order valence-corrected chi connectivity index (χ1v) is 12.2. The normalized spacial score (nSPS) is 19.6. The first kappa shape index (κ1) is 25.1. The van der Waals surface area contributed by atoms with Gasteiger partial charge in [0.25, 0.3) is 5.91 Å². The van der Waals surface area contributed by atoms with Gasteiger partial charge in [0.05, 0.1) is 17.4 Å². The molecule has 1 aromatic heterocycles. The first-order valence-electron chi connectivity index (χ1n) is 11.7. The quantitative estimate of drug-likeness (QED) is 0.369. The highest BCUT2D eigenvalue weighted by Gasteiger charge is 2.34. The molecule has 1 aliphatic carbocycles. The Balaban J connectivity index is 1.48. The van der Waals surface area contributed by atoms with Crippen molar-refractivity contribution in [2.24, 2.45) is 11.8 Å². The number of alkyl halides is 1. The molecule has 3 atom stereocenters. The van der Waals surface area contributed by atoms with E-state index < -0.39 is 47.2 Å². The third kappa shape index (κ3) is 6.17. The summed E-state index contributed by atoms with van der Waals surface area (Å²) in [5.41, 5.74) is -0.0383. The number of benzene rings is 1. The summed E-state index contributed by atoms with van der Waals surface area (Å²) in [5.74, 6) is -3.88. The summed E-state index contributed by atoms with van der Waals surface area (Å²) >= 11 is 5.75. The molecule has 2 fully saturated rings. The predicted molar refractivity (Wildman–Crippen MR) is 125 cm³/mol. The number of carbonyl (C=O) groups is 4. The lowest BCUT2D eigenvalue weighted by Gasteiger charge is -2.27. The number of carbonyl (C=O) groups excluding carboxylic acids is 4. The van der Waals surface area contributed by atoms with E-state index in [9.17, 15) is 28.0 Å². The number of aromatic amines is 1. The van der Waals surface area contributed by atoms with Gasteiger partial charge in [0.2, 0.25) is 11.8 Å². The van der Waals surface area contributed by atoms with Gasteiger partial charge in [-0.05, 0) is 43.7 Å². The van der Waals surface area contributed by atoms with E-state index in [1.807, 2.05) is 0 Å². The Kier molecular flexibility index (Phi) is 7.69. The van der Waals surface area contributed by atoms with Crippen molar-refractivity contribution in [1.29, 1.82) is 0 Å². The number of aromatic nitrogens is 1. The third-order valence-corrected chi connectivity index (χ3v) is 6.80. The Morgan fingerprint density at radius 1 is 1.06 bits per heavy atom. The van der Waals surface area contributed by atoms with Crippen LogP contribution in [0.3, 0.4) is 0 Å². The van der Waals surface area contributed by atoms with E-state index in [2.05, 4.69) is 20.9 Å². The molecule has 2 unspecified atom stereocenters. The summed E-state index contributed by atoms with van der Waals surface area (Å²) in [7, 11) is 0. The zero-order valence-electron chi connectivity index (χ0n) is 19.0. The molecule has 1 aromatic carbocycles. The third-order valence-electron chi connectivity index (χ3n) is 6.53. The van der Waals surface area contributed by atoms with Crippen molar-refractivity contribution in [2.75, 3.05) is 12.4 Å². The Bertz CT molecular complexity index is 1150. The summed E-state index contributed by atoms with van der Waals surface area (Å²) in [6, 6.07) is 1.21. The lowest BCUT2D eigenvalue weighted by Crippen LogP contribution is -2.53. The average molecular weight is 509 g/mol. The maximum Gasteiger partial charge on any atom is 0.268 e. The van der Waals surface area contributed by atoms with Gasteiger partial charge < -0.3 is 20.9 Å². The van der Waals surface area contributed by atoms with Crippen LogP contribution >= 0.6 is 11.6 Å². The number of amides is 3. The van der Waals surface area contributed by atoms with Gasteiger partial charge in [0.1, 0.15) is 23.4 Å². The zero-order valence-corrected chi connectivity index (χ0v) is 19.7. The lowest BCUT2D eigenvalue weighted by atomic mass is 9.90. The van der Waals surface area contributed by atoms with Crippen LogP contribution in [-0.4, -0.2) is 53.0 Å². The highest BCUT2D eigenvalue weighted by Crippen LogP contribution is 2.33. The van der Waals surface area contributed by atoms with Crippen molar-refractivity contribution in [1.82, 2.24) is 20.9 Å². The number of halogens is 3. The summed E-state index contributed by atoms with van der Waals surface area (Å²) < 4.78 is 27.5. The molecule has 188 valence electrons. The van der Waals surface area contributed by atoms with E-state index in [0.29, 0.717) is 25.5 Å². The topological polar surface area (TPSA) is 120 Å². The van der Waals surface area contributed by atoms with E-state index in [0.717, 1.165) is 25.3 Å². The zero-order chi connectivity index (χ0) is 25.1. The molecule has 35 heavy (non-hydrogen) atoms. The largest absolute Gasteiger partial charge is 0.356 e. The van der Waals surface area contributed by atoms with Gasteiger partial charge >= 0.3 is 0 Å². The van der Waals surface area contributed by atoms with Crippen LogP contribution in [0.1, 0.15) is 49.0 Å². The van der Waals surface area contributed by atoms with Gasteiger partial charge in [-0.3, -0.25) is 19.2 Å². The molecule has 0 spiro atoms. The fourth-order valence-electron chi connectivity index (χ4n) is 4.42. The maximum absolute atomic E-state index is 14.0. The van der Waals surface area contributed by atoms with Gasteiger partial charge in [0.15, 0.2) is 5.78 Å². The Morgan fingerprint density at radius 3 is 2.51 bits per heavy atom. The fraction of sp³-hybridized carbons (Fsp3) is 0.500. The number of ketones is 1. The molecule has 11 heteroatoms. The van der Waals surface area contributed by atoms with Crippen molar-refractivity contribution >= 4 is 46.0 Å². The van der Waals surface area contributed by atoms with Crippen molar-refractivity contribution < 1.29 is 28.0 Å². The second-order valence-corrected chi connectivity index (χ2v) is 9.53. The highest BCUT2D eigenvalue weighted by atomic mass is 35.5. The molecular formula is C24H27ClF2N4O4. The Labute approximate surface area is 205 Å². The van der Waals surface area contributed by atoms with Crippen LogP contribution in [-0.2, 0) is 14.4 Å². The highest BCUT2D eigenvalue weighted by molar-refractivity contribution is 6.28. The number of H-pyrrole nitrogens is 1. The second-order valence-electron chi connectivity index (χ2n) is 9.27. The molecule has 2 aliphatic rings. The number of fused-ring (bicyclic) bond motifs is 1. The van der Waals surface area contributed by atoms with Gasteiger partial charge in [-0.1, -0.05) is 12.8 Å². The molecule has 8 nitrogen and oxygen atoms in total. The van der Waals surface area contributed by atoms with Gasteiger partial charge in [-0.25, -0.2) is 8.78 Å². The van der Waals surface area contributed by atoms with Crippen molar-refractivity contribution in [2.45, 2.75) is 50.6 Å². The monoisotopic (exact) mass is 508 g/mol. The van der Waals surface area contributed by atoms with Crippen LogP contribution in [0, 0.1) is 23.5 Å². The standard InChI is InChI=1S/C24H27ClF2N4O4/c25-11-20(32)17(8-13-2-1-5-28-22(13)33)30-23(34)18(6-12-3-4-12)31-24(35)19-9-14-7-15(26)10-16(27)21(14)29-19/h7,9-10,12-13,17-18,29H,1-6,8,11H2,(H,28,33)(H,30,34)(H,31,35)/t13-,17?,18?/m0/s1. The van der Waals surface area contributed by atoms with Crippen LogP contribution in [0.15, 0.2) is 18.2 Å². The molecule has 1 aliphatic heterocycles. The SMILES string of the molecule is O=C(NC(CC1CC1)C(=O)NC(C[C@@H]1CCCNC1=O)C(=O)CCl)c1cc2cc(F)cc(F)c2[nH]1. The molecule has 4 N–H and O–H groups in total. The van der Waals surface area contributed by atoms with Crippen molar-refractivity contribution in [3.63, 3.8) is 0 Å². The molecule has 2 aromatic rings. The summed E-state index contributed by atoms with van der Waals surface area (Å²) in [4.78, 5) is 53.3. The maximum atomic E-state index is 14.0. The van der Waals surface area contributed by atoms with Crippen LogP contribution in [0.5, 0.6) is 0 Å². The summed E-state index contributed by atoms with van der Waals surface area (Å²) in [6.07, 6.45) is 3.72. The predicted octanol–water partition coefficient (Wildman–Crippen LogP) is 2.55. The Morgan fingerprint density at radius 2 is 1.83 bits per heavy atom. The van der Waals surface area contributed by atoms with Crippen LogP contribution < -0.4 is 16.0 Å². The van der Waals surface area contributed by atoms with Crippen LogP contribution in [0.4, 0.5) is 8.78 Å². The Hall–Kier alpha value is -3.01. The van der Waals surface area contributed by atoms with E-state index in [-0.39, 0.29) is 40.7 Å². The lowest BCUT2D eigenvalue weighted by molar-refractivity contribution is -0.131. The smallest absolute Gasteiger partial charge is 0.268 e. The van der Waals surface area contributed by atoms with Gasteiger partial charge in [0, 0.05) is 23.9 Å². The second kappa shape index (κ2) is 10.7. The molecule has 3 amide bonds. The molecule has 0 bridgehead atoms. The van der Waals surface area contributed by atoms with E-state index in [1.165, 1.54) is 6.07 Å². The molecule has 1 saturated carbocycles. The van der Waals surface area contributed by atoms with Crippen LogP contribution in [0.25, 0.3) is 10.9 Å². The van der Waals surface area contributed by atoms with Gasteiger partial charge in [-0.15, -0.1) is 11.6 Å². The fourth-order valence-corrected chi connectivity index (χ4v) is 4.61. The van der Waals surface area contributed by atoms with E-state index >= 15 is 0 Å². The molecule has 4 rings (SSSR count). The minimum Gasteiger partial charge on any atom is -0.356 e. The number of rotatable bonds is 10. The number of nitrogens with one attached hydrogen (secondary N) is 4. The number of Topliss-reactive ketones (excluding diaryl/α,β-unsaturated/α-hetero) is 1. The minimum absolute atomic E-state index is 0.0155. The summed E-state index contributed by atoms with van der Waals surface area (Å²) in [6.45, 7) is 0.579. The number of piperidine rings is 1. The minimum atomic E-state index is -0.961. The van der Waals surface area contributed by atoms with Crippen LogP contribution in [0.2, 0.25) is 0 Å². The van der Waals surface area contributed by atoms with E-state index in [4.69, 9.17) is 11.6 Å². The molecular weight excluding hydrogens is 482 g/mol. The number of hydrogen-bond donors (Lipinski definition) is 4.